The van der Waals surface area contributed by atoms with E-state index in [0.29, 0.717) is 4.90 Å². The highest BCUT2D eigenvalue weighted by Gasteiger charge is 2.48. The molecule has 0 radical (unpaired) electrons. The summed E-state index contributed by atoms with van der Waals surface area (Å²) in [5.74, 6) is -2.23. The molecular weight excluding hydrogens is 288 g/mol. The van der Waals surface area contributed by atoms with Gasteiger partial charge in [0.15, 0.2) is 12.3 Å². The van der Waals surface area contributed by atoms with E-state index in [4.69, 9.17) is 25.8 Å². The molecule has 6 atom stereocenters. The van der Waals surface area contributed by atoms with Crippen LogP contribution in [0.25, 0.3) is 0 Å². The molecule has 0 aromatic rings. The maximum absolute atomic E-state index is 11.7. The van der Waals surface area contributed by atoms with E-state index in [1.54, 1.807) is 0 Å². The summed E-state index contributed by atoms with van der Waals surface area (Å²) in [5, 5.41) is 46.8. The van der Waals surface area contributed by atoms with Crippen LogP contribution in [0, 0.1) is 0 Å². The number of hydrogen-bond donors (Lipinski definition) is 6. The molecule has 1 aliphatic heterocycles. The predicted molar refractivity (Wildman–Crippen MR) is 66.8 cm³/mol. The van der Waals surface area contributed by atoms with Crippen molar-refractivity contribution in [2.24, 2.45) is 5.73 Å². The van der Waals surface area contributed by atoms with Gasteiger partial charge >= 0.3 is 5.97 Å². The average molecular weight is 308 g/mol. The van der Waals surface area contributed by atoms with Crippen LogP contribution in [0.5, 0.6) is 0 Å². The van der Waals surface area contributed by atoms with E-state index in [1.807, 2.05) is 0 Å². The molecule has 1 rings (SSSR count). The third-order valence-corrected chi connectivity index (χ3v) is 3.38. The minimum atomic E-state index is -1.62. The third kappa shape index (κ3) is 3.48. The molecule has 10 heteroatoms. The summed E-state index contributed by atoms with van der Waals surface area (Å²) >= 11 is 0. The Hall–Kier alpha value is -1.30. The van der Waals surface area contributed by atoms with Gasteiger partial charge in [0.25, 0.3) is 0 Å². The number of nitrogens with zero attached hydrogens (tertiary/aromatic N) is 1. The molecular formula is C11H20N2O8. The lowest BCUT2D eigenvalue weighted by atomic mass is 9.95. The SMILES string of the molecule is CC(=O)N([C@@H](CO)C(=O)O)[C@H]1O[C@H](CO)[C@H](O)[C@H](O)[C@H]1N. The van der Waals surface area contributed by atoms with Crippen LogP contribution < -0.4 is 5.73 Å². The molecule has 1 heterocycles. The van der Waals surface area contributed by atoms with Crippen LogP contribution in [0.1, 0.15) is 6.92 Å². The summed E-state index contributed by atoms with van der Waals surface area (Å²) in [6.07, 6.45) is -5.66. The van der Waals surface area contributed by atoms with Crippen LogP contribution in [0.15, 0.2) is 0 Å². The average Bonchev–Trinajstić information content (AvgIpc) is 2.42. The first-order chi connectivity index (χ1) is 9.76. The van der Waals surface area contributed by atoms with Crippen LogP contribution in [0.2, 0.25) is 0 Å². The maximum atomic E-state index is 11.7. The number of rotatable bonds is 5. The molecule has 1 aliphatic rings. The molecule has 0 aromatic heterocycles. The zero-order chi connectivity index (χ0) is 16.3. The lowest BCUT2D eigenvalue weighted by Gasteiger charge is -2.46. The van der Waals surface area contributed by atoms with Gasteiger partial charge in [-0.25, -0.2) is 4.79 Å². The molecule has 122 valence electrons. The number of hydrogen-bond acceptors (Lipinski definition) is 8. The van der Waals surface area contributed by atoms with Gasteiger partial charge in [-0.3, -0.25) is 9.69 Å². The summed E-state index contributed by atoms with van der Waals surface area (Å²) in [6.45, 7) is -0.499. The second-order valence-corrected chi connectivity index (χ2v) is 4.77. The summed E-state index contributed by atoms with van der Waals surface area (Å²) in [7, 11) is 0. The Labute approximate surface area is 120 Å². The lowest BCUT2D eigenvalue weighted by molar-refractivity contribution is -0.233. The highest BCUT2D eigenvalue weighted by Crippen LogP contribution is 2.24. The fourth-order valence-electron chi connectivity index (χ4n) is 2.23. The number of aliphatic hydroxyl groups excluding tert-OH is 4. The van der Waals surface area contributed by atoms with Crippen molar-refractivity contribution in [1.29, 1.82) is 0 Å². The molecule has 0 spiro atoms. The largest absolute Gasteiger partial charge is 0.480 e. The topological polar surface area (TPSA) is 174 Å². The van der Waals surface area contributed by atoms with E-state index >= 15 is 0 Å². The van der Waals surface area contributed by atoms with Crippen molar-refractivity contribution >= 4 is 11.9 Å². The Morgan fingerprint density at radius 3 is 2.24 bits per heavy atom. The summed E-state index contributed by atoms with van der Waals surface area (Å²) in [5.41, 5.74) is 5.68. The first-order valence-corrected chi connectivity index (χ1v) is 6.26. The van der Waals surface area contributed by atoms with Crippen LogP contribution in [0.4, 0.5) is 0 Å². The van der Waals surface area contributed by atoms with Crippen molar-refractivity contribution in [3.8, 4) is 0 Å². The molecule has 0 aliphatic carbocycles. The summed E-state index contributed by atoms with van der Waals surface area (Å²) in [6, 6.07) is -2.93. The Kier molecular flexibility index (Phi) is 6.01. The van der Waals surface area contributed by atoms with Crippen molar-refractivity contribution in [2.45, 2.75) is 43.5 Å². The van der Waals surface area contributed by atoms with Crippen molar-refractivity contribution in [3.05, 3.63) is 0 Å². The molecule has 21 heavy (non-hydrogen) atoms. The van der Waals surface area contributed by atoms with Gasteiger partial charge in [0.1, 0.15) is 18.3 Å². The van der Waals surface area contributed by atoms with Crippen LogP contribution >= 0.6 is 0 Å². The van der Waals surface area contributed by atoms with Gasteiger partial charge in [-0.2, -0.15) is 0 Å². The van der Waals surface area contributed by atoms with Gasteiger partial charge in [0.2, 0.25) is 5.91 Å². The van der Waals surface area contributed by atoms with Crippen LogP contribution in [-0.4, -0.2) is 92.1 Å². The number of nitrogens with two attached hydrogens (primary N) is 1. The fourth-order valence-corrected chi connectivity index (χ4v) is 2.23. The Balaban J connectivity index is 3.11. The van der Waals surface area contributed by atoms with E-state index in [1.165, 1.54) is 0 Å². The number of carboxylic acid groups (broad SMARTS) is 1. The first kappa shape index (κ1) is 17.8. The van der Waals surface area contributed by atoms with Crippen molar-refractivity contribution in [3.63, 3.8) is 0 Å². The number of aliphatic hydroxyl groups is 4. The van der Waals surface area contributed by atoms with Gasteiger partial charge in [-0.1, -0.05) is 0 Å². The lowest BCUT2D eigenvalue weighted by Crippen LogP contribution is -2.69. The minimum Gasteiger partial charge on any atom is -0.480 e. The fraction of sp³-hybridized carbons (Fsp3) is 0.818. The molecule has 1 fully saturated rings. The van der Waals surface area contributed by atoms with Crippen molar-refractivity contribution < 1.29 is 39.9 Å². The summed E-state index contributed by atoms with van der Waals surface area (Å²) < 4.78 is 5.23. The highest BCUT2D eigenvalue weighted by atomic mass is 16.5. The predicted octanol–water partition coefficient (Wildman–Crippen LogP) is -3.95. The van der Waals surface area contributed by atoms with Crippen molar-refractivity contribution in [2.75, 3.05) is 13.2 Å². The third-order valence-electron chi connectivity index (χ3n) is 3.38. The van der Waals surface area contributed by atoms with Gasteiger partial charge < -0.3 is 36.0 Å². The molecule has 10 nitrogen and oxygen atoms in total. The number of aliphatic carboxylic acids is 1. The monoisotopic (exact) mass is 308 g/mol. The van der Waals surface area contributed by atoms with E-state index in [-0.39, 0.29) is 0 Å². The Bertz CT molecular complexity index is 390. The number of amides is 1. The molecule has 1 amide bonds. The van der Waals surface area contributed by atoms with E-state index in [0.717, 1.165) is 6.92 Å². The highest BCUT2D eigenvalue weighted by molar-refractivity contribution is 5.82. The molecule has 7 N–H and O–H groups in total. The zero-order valence-corrected chi connectivity index (χ0v) is 11.4. The molecule has 0 unspecified atom stereocenters. The summed E-state index contributed by atoms with van der Waals surface area (Å²) in [4.78, 5) is 23.5. The van der Waals surface area contributed by atoms with Gasteiger partial charge in [0.05, 0.1) is 19.3 Å². The zero-order valence-electron chi connectivity index (χ0n) is 11.4. The molecule has 0 aromatic carbocycles. The first-order valence-electron chi connectivity index (χ1n) is 6.26. The standard InChI is InChI=1S/C11H20N2O8/c1-4(16)13(5(2-14)11(19)20)10-7(12)9(18)8(17)6(3-15)21-10/h5-10,14-15,17-18H,2-3,12H2,1H3,(H,19,20)/t5-,6+,7+,8-,9+,10-/m0/s1. The smallest absolute Gasteiger partial charge is 0.328 e. The number of carboxylic acids is 1. The van der Waals surface area contributed by atoms with Crippen molar-refractivity contribution in [1.82, 2.24) is 4.90 Å². The Morgan fingerprint density at radius 1 is 1.29 bits per heavy atom. The van der Waals surface area contributed by atoms with E-state index < -0.39 is 61.7 Å². The number of ether oxygens (including phenoxy) is 1. The van der Waals surface area contributed by atoms with E-state index in [2.05, 4.69) is 0 Å². The second kappa shape index (κ2) is 7.11. The number of carbonyl (C=O) groups is 2. The second-order valence-electron chi connectivity index (χ2n) is 4.77. The normalized spacial score (nSPS) is 34.3. The van der Waals surface area contributed by atoms with Crippen LogP contribution in [-0.2, 0) is 14.3 Å². The van der Waals surface area contributed by atoms with Crippen LogP contribution in [0.3, 0.4) is 0 Å². The number of carbonyl (C=O) groups excluding carboxylic acids is 1. The van der Waals surface area contributed by atoms with Gasteiger partial charge in [0, 0.05) is 6.92 Å². The van der Waals surface area contributed by atoms with E-state index in [9.17, 15) is 19.8 Å². The molecule has 0 bridgehead atoms. The molecule has 0 saturated carbocycles. The van der Waals surface area contributed by atoms with Gasteiger partial charge in [-0.15, -0.1) is 0 Å². The molecule has 1 saturated heterocycles. The quantitative estimate of drug-likeness (QED) is 0.296. The minimum absolute atomic E-state index is 0.663. The van der Waals surface area contributed by atoms with Gasteiger partial charge in [-0.05, 0) is 0 Å². The maximum Gasteiger partial charge on any atom is 0.328 e. The Morgan fingerprint density at radius 2 is 1.86 bits per heavy atom.